The number of rotatable bonds is 10. The van der Waals surface area contributed by atoms with E-state index in [9.17, 15) is 4.79 Å². The molecule has 0 heterocycles. The third-order valence-electron chi connectivity index (χ3n) is 4.03. The second kappa shape index (κ2) is 10.5. The molecule has 0 saturated heterocycles. The van der Waals surface area contributed by atoms with Crippen molar-refractivity contribution in [2.75, 3.05) is 26.7 Å². The Balaban J connectivity index is 1.78. The van der Waals surface area contributed by atoms with Crippen LogP contribution in [-0.4, -0.2) is 37.6 Å². The molecule has 25 heavy (non-hydrogen) atoms. The summed E-state index contributed by atoms with van der Waals surface area (Å²) in [6.45, 7) is 4.92. The van der Waals surface area contributed by atoms with Crippen LogP contribution in [0.1, 0.15) is 24.5 Å². The van der Waals surface area contributed by atoms with Gasteiger partial charge in [-0.3, -0.25) is 9.69 Å². The van der Waals surface area contributed by atoms with Crippen molar-refractivity contribution in [1.29, 1.82) is 0 Å². The topological polar surface area (TPSA) is 41.6 Å². The van der Waals surface area contributed by atoms with Crippen molar-refractivity contribution >= 4 is 5.91 Å². The van der Waals surface area contributed by atoms with Gasteiger partial charge in [0.15, 0.2) is 0 Å². The molecule has 2 aromatic rings. The van der Waals surface area contributed by atoms with Gasteiger partial charge in [0.2, 0.25) is 5.91 Å². The first-order chi connectivity index (χ1) is 12.2. The van der Waals surface area contributed by atoms with Crippen LogP contribution in [0, 0.1) is 0 Å². The van der Waals surface area contributed by atoms with E-state index in [4.69, 9.17) is 4.74 Å². The number of carbonyl (C=O) groups is 1. The normalized spacial score (nSPS) is 10.7. The van der Waals surface area contributed by atoms with Crippen molar-refractivity contribution in [2.45, 2.75) is 26.3 Å². The van der Waals surface area contributed by atoms with Gasteiger partial charge in [0.1, 0.15) is 5.75 Å². The Kier molecular flexibility index (Phi) is 7.99. The van der Waals surface area contributed by atoms with Gasteiger partial charge in [-0.25, -0.2) is 0 Å². The molecule has 0 aliphatic heterocycles. The van der Waals surface area contributed by atoms with E-state index in [1.807, 2.05) is 42.5 Å². The maximum atomic E-state index is 12.3. The van der Waals surface area contributed by atoms with Gasteiger partial charge in [0, 0.05) is 13.1 Å². The Labute approximate surface area is 150 Å². The lowest BCUT2D eigenvalue weighted by molar-refractivity contribution is -0.122. The molecule has 1 amide bonds. The average molecular weight is 340 g/mol. The van der Waals surface area contributed by atoms with Crippen LogP contribution in [0.2, 0.25) is 0 Å². The van der Waals surface area contributed by atoms with Crippen LogP contribution in [0.25, 0.3) is 0 Å². The van der Waals surface area contributed by atoms with E-state index < -0.39 is 0 Å². The molecular weight excluding hydrogens is 312 g/mol. The number of hydrogen-bond donors (Lipinski definition) is 1. The molecule has 0 aliphatic rings. The molecule has 134 valence electrons. The molecule has 0 spiro atoms. The molecule has 0 atom stereocenters. The zero-order chi connectivity index (χ0) is 17.9. The molecule has 0 fully saturated rings. The third kappa shape index (κ3) is 6.98. The Morgan fingerprint density at radius 1 is 1.08 bits per heavy atom. The quantitative estimate of drug-likeness (QED) is 0.722. The van der Waals surface area contributed by atoms with Crippen molar-refractivity contribution in [2.24, 2.45) is 0 Å². The minimum atomic E-state index is 0.0762. The predicted octanol–water partition coefficient (Wildman–Crippen LogP) is 3.27. The highest BCUT2D eigenvalue weighted by Gasteiger charge is 2.10. The summed E-state index contributed by atoms with van der Waals surface area (Å²) >= 11 is 0. The zero-order valence-electron chi connectivity index (χ0n) is 15.2. The van der Waals surface area contributed by atoms with E-state index in [2.05, 4.69) is 29.3 Å². The minimum Gasteiger partial charge on any atom is -0.497 e. The Hall–Kier alpha value is -2.33. The van der Waals surface area contributed by atoms with E-state index in [-0.39, 0.29) is 5.91 Å². The number of hydrogen-bond acceptors (Lipinski definition) is 3. The first-order valence-corrected chi connectivity index (χ1v) is 8.87. The fraction of sp³-hybridized carbons (Fsp3) is 0.381. The Morgan fingerprint density at radius 2 is 1.84 bits per heavy atom. The molecule has 2 rings (SSSR count). The Bertz CT molecular complexity index is 643. The number of ether oxygens (including phenoxy) is 1. The molecule has 0 radical (unpaired) electrons. The summed E-state index contributed by atoms with van der Waals surface area (Å²) in [5, 5.41) is 3.02. The fourth-order valence-electron chi connectivity index (χ4n) is 2.81. The maximum absolute atomic E-state index is 12.3. The zero-order valence-corrected chi connectivity index (χ0v) is 15.2. The SMILES string of the molecule is CCCN(CC(=O)NCCc1cccc(OC)c1)Cc1ccccc1. The molecule has 0 aliphatic carbocycles. The standard InChI is InChI=1S/C21H28N2O2/c1-3-14-23(16-19-8-5-4-6-9-19)17-21(24)22-13-12-18-10-7-11-20(15-18)25-2/h4-11,15H,3,12-14,16-17H2,1-2H3,(H,22,24). The van der Waals surface area contributed by atoms with E-state index >= 15 is 0 Å². The molecule has 2 aromatic carbocycles. The highest BCUT2D eigenvalue weighted by atomic mass is 16.5. The van der Waals surface area contributed by atoms with Crippen LogP contribution in [0.5, 0.6) is 5.75 Å². The van der Waals surface area contributed by atoms with Crippen LogP contribution in [0.3, 0.4) is 0 Å². The van der Waals surface area contributed by atoms with Crippen LogP contribution in [-0.2, 0) is 17.8 Å². The number of carbonyl (C=O) groups excluding carboxylic acids is 1. The Morgan fingerprint density at radius 3 is 2.56 bits per heavy atom. The minimum absolute atomic E-state index is 0.0762. The second-order valence-electron chi connectivity index (χ2n) is 6.15. The van der Waals surface area contributed by atoms with Crippen LogP contribution in [0.4, 0.5) is 0 Å². The number of nitrogens with zero attached hydrogens (tertiary/aromatic N) is 1. The number of benzene rings is 2. The summed E-state index contributed by atoms with van der Waals surface area (Å²) in [5.74, 6) is 0.924. The van der Waals surface area contributed by atoms with Gasteiger partial charge in [-0.15, -0.1) is 0 Å². The van der Waals surface area contributed by atoms with Crippen molar-refractivity contribution in [1.82, 2.24) is 10.2 Å². The first-order valence-electron chi connectivity index (χ1n) is 8.87. The van der Waals surface area contributed by atoms with Crippen LogP contribution < -0.4 is 10.1 Å². The van der Waals surface area contributed by atoms with Gasteiger partial charge in [-0.2, -0.15) is 0 Å². The lowest BCUT2D eigenvalue weighted by Crippen LogP contribution is -2.38. The van der Waals surface area contributed by atoms with E-state index in [1.54, 1.807) is 7.11 Å². The summed E-state index contributed by atoms with van der Waals surface area (Å²) in [6.07, 6.45) is 1.83. The monoisotopic (exact) mass is 340 g/mol. The van der Waals surface area contributed by atoms with Crippen molar-refractivity contribution in [3.05, 3.63) is 65.7 Å². The van der Waals surface area contributed by atoms with Crippen molar-refractivity contribution in [3.8, 4) is 5.75 Å². The molecule has 4 nitrogen and oxygen atoms in total. The second-order valence-corrected chi connectivity index (χ2v) is 6.15. The highest BCUT2D eigenvalue weighted by molar-refractivity contribution is 5.78. The van der Waals surface area contributed by atoms with Gasteiger partial charge in [0.25, 0.3) is 0 Å². The molecular formula is C21H28N2O2. The molecule has 0 unspecified atom stereocenters. The molecule has 1 N–H and O–H groups in total. The van der Waals surface area contributed by atoms with E-state index in [0.717, 1.165) is 37.2 Å². The van der Waals surface area contributed by atoms with Gasteiger partial charge in [0.05, 0.1) is 13.7 Å². The number of nitrogens with one attached hydrogen (secondary N) is 1. The summed E-state index contributed by atoms with van der Waals surface area (Å²) in [4.78, 5) is 14.4. The smallest absolute Gasteiger partial charge is 0.234 e. The molecule has 0 bridgehead atoms. The van der Waals surface area contributed by atoms with Gasteiger partial charge in [-0.05, 0) is 42.6 Å². The lowest BCUT2D eigenvalue weighted by Gasteiger charge is -2.21. The fourth-order valence-corrected chi connectivity index (χ4v) is 2.81. The van der Waals surface area contributed by atoms with Crippen LogP contribution >= 0.6 is 0 Å². The van der Waals surface area contributed by atoms with Crippen molar-refractivity contribution < 1.29 is 9.53 Å². The number of amides is 1. The largest absolute Gasteiger partial charge is 0.497 e. The summed E-state index contributed by atoms with van der Waals surface area (Å²) in [7, 11) is 1.66. The van der Waals surface area contributed by atoms with Crippen molar-refractivity contribution in [3.63, 3.8) is 0 Å². The van der Waals surface area contributed by atoms with Gasteiger partial charge < -0.3 is 10.1 Å². The van der Waals surface area contributed by atoms with E-state index in [0.29, 0.717) is 13.1 Å². The summed E-state index contributed by atoms with van der Waals surface area (Å²) in [6, 6.07) is 18.2. The third-order valence-corrected chi connectivity index (χ3v) is 4.03. The molecule has 0 saturated carbocycles. The van der Waals surface area contributed by atoms with Crippen LogP contribution in [0.15, 0.2) is 54.6 Å². The maximum Gasteiger partial charge on any atom is 0.234 e. The van der Waals surface area contributed by atoms with Gasteiger partial charge in [-0.1, -0.05) is 49.4 Å². The van der Waals surface area contributed by atoms with Gasteiger partial charge >= 0.3 is 0 Å². The highest BCUT2D eigenvalue weighted by Crippen LogP contribution is 2.12. The number of methoxy groups -OCH3 is 1. The first kappa shape index (κ1) is 19.0. The molecule has 4 heteroatoms. The lowest BCUT2D eigenvalue weighted by atomic mass is 10.1. The summed E-state index contributed by atoms with van der Waals surface area (Å²) in [5.41, 5.74) is 2.40. The van der Waals surface area contributed by atoms with E-state index in [1.165, 1.54) is 5.56 Å². The summed E-state index contributed by atoms with van der Waals surface area (Å²) < 4.78 is 5.22. The average Bonchev–Trinajstić information content (AvgIpc) is 2.63. The molecule has 0 aromatic heterocycles. The predicted molar refractivity (Wildman–Crippen MR) is 102 cm³/mol.